The molecule has 0 aliphatic heterocycles. The van der Waals surface area contributed by atoms with Gasteiger partial charge in [0.2, 0.25) is 5.69 Å². The Balaban J connectivity index is 2.24. The van der Waals surface area contributed by atoms with Crippen LogP contribution < -0.4 is 0 Å². The third kappa shape index (κ3) is 3.34. The first-order valence-electron chi connectivity index (χ1n) is 5.50. The van der Waals surface area contributed by atoms with E-state index in [4.69, 9.17) is 0 Å². The van der Waals surface area contributed by atoms with E-state index in [1.54, 1.807) is 30.3 Å². The number of benzene rings is 2. The SMILES string of the molecule is [O-]/[N+](=C/c1ccc(C(F)(F)F)cc1)c1ccccc1. The van der Waals surface area contributed by atoms with E-state index in [9.17, 15) is 18.4 Å². The molecule has 2 aromatic rings. The molecule has 0 heterocycles. The maximum Gasteiger partial charge on any atom is 0.416 e. The molecule has 0 saturated carbocycles. The predicted molar refractivity (Wildman–Crippen MR) is 66.3 cm³/mol. The van der Waals surface area contributed by atoms with Gasteiger partial charge in [0, 0.05) is 17.7 Å². The van der Waals surface area contributed by atoms with Crippen LogP contribution in [0.5, 0.6) is 0 Å². The largest absolute Gasteiger partial charge is 0.618 e. The number of hydrogen-bond acceptors (Lipinski definition) is 1. The summed E-state index contributed by atoms with van der Waals surface area (Å²) in [4.78, 5) is 0. The van der Waals surface area contributed by atoms with Crippen molar-refractivity contribution in [3.8, 4) is 0 Å². The second-order valence-electron chi connectivity index (χ2n) is 3.91. The molecular formula is C14H10F3NO. The van der Waals surface area contributed by atoms with Crippen LogP contribution in [0.4, 0.5) is 18.9 Å². The fraction of sp³-hybridized carbons (Fsp3) is 0.0714. The highest BCUT2D eigenvalue weighted by molar-refractivity contribution is 5.76. The van der Waals surface area contributed by atoms with Crippen molar-refractivity contribution in [3.05, 3.63) is 70.9 Å². The number of alkyl halides is 3. The van der Waals surface area contributed by atoms with Gasteiger partial charge in [-0.2, -0.15) is 17.9 Å². The van der Waals surface area contributed by atoms with Gasteiger partial charge in [-0.15, -0.1) is 0 Å². The molecule has 2 aromatic carbocycles. The fourth-order valence-corrected chi connectivity index (χ4v) is 1.54. The smallest absolute Gasteiger partial charge is 0.416 e. The first-order valence-corrected chi connectivity index (χ1v) is 5.50. The first kappa shape index (κ1) is 13.1. The van der Waals surface area contributed by atoms with Gasteiger partial charge in [-0.3, -0.25) is 0 Å². The van der Waals surface area contributed by atoms with E-state index in [-0.39, 0.29) is 0 Å². The Labute approximate surface area is 108 Å². The van der Waals surface area contributed by atoms with Gasteiger partial charge >= 0.3 is 6.18 Å². The summed E-state index contributed by atoms with van der Waals surface area (Å²) in [6.07, 6.45) is -3.13. The van der Waals surface area contributed by atoms with Gasteiger partial charge in [-0.25, -0.2) is 0 Å². The van der Waals surface area contributed by atoms with Crippen molar-refractivity contribution in [2.75, 3.05) is 0 Å². The lowest BCUT2D eigenvalue weighted by Crippen LogP contribution is -2.05. The lowest BCUT2D eigenvalue weighted by molar-refractivity contribution is -0.354. The van der Waals surface area contributed by atoms with Crippen LogP contribution in [0, 0.1) is 5.21 Å². The molecule has 2 nitrogen and oxygen atoms in total. The van der Waals surface area contributed by atoms with E-state index in [0.29, 0.717) is 16.0 Å². The van der Waals surface area contributed by atoms with Crippen LogP contribution in [0.3, 0.4) is 0 Å². The Morgan fingerprint density at radius 3 is 2.00 bits per heavy atom. The average molecular weight is 265 g/mol. The minimum absolute atomic E-state index is 0.409. The molecule has 0 unspecified atom stereocenters. The van der Waals surface area contributed by atoms with E-state index >= 15 is 0 Å². The quantitative estimate of drug-likeness (QED) is 0.349. The highest BCUT2D eigenvalue weighted by Crippen LogP contribution is 2.28. The third-order valence-corrected chi connectivity index (χ3v) is 2.52. The zero-order valence-electron chi connectivity index (χ0n) is 9.76. The second-order valence-corrected chi connectivity index (χ2v) is 3.91. The van der Waals surface area contributed by atoms with Gasteiger partial charge < -0.3 is 5.21 Å². The van der Waals surface area contributed by atoms with Crippen LogP contribution in [0.1, 0.15) is 11.1 Å². The van der Waals surface area contributed by atoms with Crippen molar-refractivity contribution in [2.24, 2.45) is 0 Å². The van der Waals surface area contributed by atoms with E-state index in [2.05, 4.69) is 0 Å². The van der Waals surface area contributed by atoms with Crippen LogP contribution in [0.15, 0.2) is 54.6 Å². The van der Waals surface area contributed by atoms with Crippen molar-refractivity contribution < 1.29 is 17.9 Å². The van der Waals surface area contributed by atoms with Crippen LogP contribution >= 0.6 is 0 Å². The Morgan fingerprint density at radius 2 is 1.47 bits per heavy atom. The zero-order valence-corrected chi connectivity index (χ0v) is 9.76. The molecule has 0 fully saturated rings. The number of rotatable bonds is 2. The summed E-state index contributed by atoms with van der Waals surface area (Å²) in [6.45, 7) is 0. The van der Waals surface area contributed by atoms with Gasteiger partial charge in [-0.1, -0.05) is 18.2 Å². The topological polar surface area (TPSA) is 26.1 Å². The standard InChI is InChI=1S/C14H10F3NO/c15-14(16,17)12-8-6-11(7-9-12)10-18(19)13-4-2-1-3-5-13/h1-10H/b18-10+. The molecule has 0 aliphatic carbocycles. The Kier molecular flexibility index (Phi) is 3.55. The maximum absolute atomic E-state index is 12.4. The minimum Gasteiger partial charge on any atom is -0.618 e. The summed E-state index contributed by atoms with van der Waals surface area (Å²) < 4.78 is 37.7. The van der Waals surface area contributed by atoms with E-state index in [0.717, 1.165) is 12.1 Å². The summed E-state index contributed by atoms with van der Waals surface area (Å²) in [5, 5.41) is 11.7. The lowest BCUT2D eigenvalue weighted by Gasteiger charge is -2.06. The lowest BCUT2D eigenvalue weighted by atomic mass is 10.1. The second kappa shape index (κ2) is 5.14. The van der Waals surface area contributed by atoms with Gasteiger partial charge in [-0.05, 0) is 24.3 Å². The van der Waals surface area contributed by atoms with Gasteiger partial charge in [0.1, 0.15) is 0 Å². The summed E-state index contributed by atoms with van der Waals surface area (Å²) in [6, 6.07) is 12.8. The van der Waals surface area contributed by atoms with Crippen molar-refractivity contribution in [1.29, 1.82) is 0 Å². The minimum atomic E-state index is -4.37. The highest BCUT2D eigenvalue weighted by Gasteiger charge is 2.29. The number of halogens is 3. The number of nitrogens with zero attached hydrogens (tertiary/aromatic N) is 1. The number of hydrogen-bond donors (Lipinski definition) is 0. The first-order chi connectivity index (χ1) is 8.97. The predicted octanol–water partition coefficient (Wildman–Crippen LogP) is 3.97. The normalized spacial score (nSPS) is 12.5. The average Bonchev–Trinajstić information content (AvgIpc) is 2.39. The monoisotopic (exact) mass is 265 g/mol. The van der Waals surface area contributed by atoms with Crippen molar-refractivity contribution in [3.63, 3.8) is 0 Å². The fourth-order valence-electron chi connectivity index (χ4n) is 1.54. The molecule has 2 rings (SSSR count). The van der Waals surface area contributed by atoms with E-state index < -0.39 is 11.7 Å². The molecule has 0 aromatic heterocycles. The number of para-hydroxylation sites is 1. The zero-order chi connectivity index (χ0) is 13.9. The molecule has 0 amide bonds. The van der Waals surface area contributed by atoms with Crippen LogP contribution in [0.25, 0.3) is 0 Å². The van der Waals surface area contributed by atoms with Gasteiger partial charge in [0.25, 0.3) is 0 Å². The summed E-state index contributed by atoms with van der Waals surface area (Å²) in [5.74, 6) is 0. The van der Waals surface area contributed by atoms with Crippen LogP contribution in [-0.2, 0) is 6.18 Å². The molecule has 0 bridgehead atoms. The van der Waals surface area contributed by atoms with Gasteiger partial charge in [0.05, 0.1) is 5.56 Å². The molecule has 19 heavy (non-hydrogen) atoms. The van der Waals surface area contributed by atoms with E-state index in [1.165, 1.54) is 18.3 Å². The maximum atomic E-state index is 12.4. The molecular weight excluding hydrogens is 255 g/mol. The molecule has 5 heteroatoms. The van der Waals surface area contributed by atoms with Crippen molar-refractivity contribution >= 4 is 11.9 Å². The molecule has 0 atom stereocenters. The molecule has 98 valence electrons. The molecule has 0 spiro atoms. The molecule has 0 saturated heterocycles. The highest BCUT2D eigenvalue weighted by atomic mass is 19.4. The van der Waals surface area contributed by atoms with Crippen molar-refractivity contribution in [1.82, 2.24) is 0 Å². The molecule has 0 N–H and O–H groups in total. The molecule has 0 aliphatic rings. The van der Waals surface area contributed by atoms with Crippen LogP contribution in [-0.4, -0.2) is 11.0 Å². The molecule has 0 radical (unpaired) electrons. The Bertz CT molecular complexity index is 574. The Hall–Kier alpha value is -2.30. The van der Waals surface area contributed by atoms with Gasteiger partial charge in [0.15, 0.2) is 6.21 Å². The van der Waals surface area contributed by atoms with E-state index in [1.807, 2.05) is 0 Å². The summed E-state index contributed by atoms with van der Waals surface area (Å²) in [7, 11) is 0. The summed E-state index contributed by atoms with van der Waals surface area (Å²) in [5.41, 5.74) is 0.0936. The third-order valence-electron chi connectivity index (χ3n) is 2.52. The Morgan fingerprint density at radius 1 is 0.895 bits per heavy atom. The summed E-state index contributed by atoms with van der Waals surface area (Å²) >= 11 is 0. The van der Waals surface area contributed by atoms with Crippen molar-refractivity contribution in [2.45, 2.75) is 6.18 Å². The van der Waals surface area contributed by atoms with Crippen LogP contribution in [0.2, 0.25) is 0 Å².